The van der Waals surface area contributed by atoms with E-state index in [-0.39, 0.29) is 5.41 Å². The SMILES string of the molecule is C=C/C(=C\CC)N(c1ccc(C(C)CC)cc1)c1c(C)cc(C(C)(C)C)cc1C. The molecule has 0 aliphatic rings. The van der Waals surface area contributed by atoms with Crippen molar-refractivity contribution in [3.05, 3.63) is 83.1 Å². The van der Waals surface area contributed by atoms with Crippen molar-refractivity contribution in [2.24, 2.45) is 0 Å². The van der Waals surface area contributed by atoms with Crippen LogP contribution >= 0.6 is 0 Å². The average Bonchev–Trinajstić information content (AvgIpc) is 2.68. The van der Waals surface area contributed by atoms with Gasteiger partial charge in [0.05, 0.1) is 5.69 Å². The van der Waals surface area contributed by atoms with Gasteiger partial charge >= 0.3 is 0 Å². The lowest BCUT2D eigenvalue weighted by Gasteiger charge is -2.31. The summed E-state index contributed by atoms with van der Waals surface area (Å²) in [4.78, 5) is 2.37. The zero-order valence-corrected chi connectivity index (χ0v) is 19.8. The molecule has 0 spiro atoms. The summed E-state index contributed by atoms with van der Waals surface area (Å²) >= 11 is 0. The molecule has 156 valence electrons. The summed E-state index contributed by atoms with van der Waals surface area (Å²) in [5, 5.41) is 0. The van der Waals surface area contributed by atoms with Gasteiger partial charge in [-0.25, -0.2) is 0 Å². The molecule has 0 radical (unpaired) electrons. The van der Waals surface area contributed by atoms with Gasteiger partial charge in [0.15, 0.2) is 0 Å². The molecule has 29 heavy (non-hydrogen) atoms. The molecular weight excluding hydrogens is 350 g/mol. The van der Waals surface area contributed by atoms with Crippen LogP contribution in [0.4, 0.5) is 11.4 Å². The van der Waals surface area contributed by atoms with Crippen LogP contribution in [0.3, 0.4) is 0 Å². The standard InChI is InChI=1S/C28H39N/c1-10-13-25(12-3)29(26-16-14-23(15-17-26)20(4)11-2)27-21(5)18-24(19-22(27)6)28(7,8)9/h12-20H,3,10-11H2,1-2,4-9H3/b25-13+. The minimum atomic E-state index is 0.136. The van der Waals surface area contributed by atoms with E-state index in [9.17, 15) is 0 Å². The summed E-state index contributed by atoms with van der Waals surface area (Å²) in [5.74, 6) is 0.581. The van der Waals surface area contributed by atoms with Gasteiger partial charge in [-0.05, 0) is 78.5 Å². The van der Waals surface area contributed by atoms with Crippen LogP contribution in [0.5, 0.6) is 0 Å². The molecule has 0 aliphatic carbocycles. The Bertz CT molecular complexity index is 839. The highest BCUT2D eigenvalue weighted by molar-refractivity contribution is 5.75. The van der Waals surface area contributed by atoms with E-state index in [0.717, 1.165) is 18.5 Å². The van der Waals surface area contributed by atoms with Gasteiger partial charge in [0.2, 0.25) is 0 Å². The van der Waals surface area contributed by atoms with E-state index >= 15 is 0 Å². The molecule has 2 aromatic rings. The second-order valence-electron chi connectivity index (χ2n) is 9.19. The highest BCUT2D eigenvalue weighted by atomic mass is 15.1. The van der Waals surface area contributed by atoms with Gasteiger partial charge in [0.25, 0.3) is 0 Å². The lowest BCUT2D eigenvalue weighted by atomic mass is 9.84. The Balaban J connectivity index is 2.67. The molecule has 0 aromatic heterocycles. The Morgan fingerprint density at radius 1 is 1.03 bits per heavy atom. The van der Waals surface area contributed by atoms with Crippen molar-refractivity contribution in [1.82, 2.24) is 0 Å². The fourth-order valence-corrected chi connectivity index (χ4v) is 3.81. The van der Waals surface area contributed by atoms with Crippen LogP contribution < -0.4 is 4.90 Å². The highest BCUT2D eigenvalue weighted by Gasteiger charge is 2.21. The number of aryl methyl sites for hydroxylation is 2. The Labute approximate surface area is 179 Å². The molecule has 1 heteroatoms. The van der Waals surface area contributed by atoms with Crippen molar-refractivity contribution in [3.63, 3.8) is 0 Å². The van der Waals surface area contributed by atoms with Crippen LogP contribution in [-0.2, 0) is 5.41 Å². The molecule has 0 fully saturated rings. The number of hydrogen-bond acceptors (Lipinski definition) is 1. The molecule has 0 amide bonds. The highest BCUT2D eigenvalue weighted by Crippen LogP contribution is 2.38. The first kappa shape index (κ1) is 23.0. The second kappa shape index (κ2) is 9.48. The van der Waals surface area contributed by atoms with Gasteiger partial charge in [-0.3, -0.25) is 0 Å². The summed E-state index contributed by atoms with van der Waals surface area (Å²) in [6.07, 6.45) is 6.36. The summed E-state index contributed by atoms with van der Waals surface area (Å²) in [6, 6.07) is 13.7. The quantitative estimate of drug-likeness (QED) is 0.428. The maximum Gasteiger partial charge on any atom is 0.0520 e. The normalized spacial score (nSPS) is 13.3. The lowest BCUT2D eigenvalue weighted by Crippen LogP contribution is -2.19. The van der Waals surface area contributed by atoms with Crippen molar-refractivity contribution in [2.45, 2.75) is 79.6 Å². The van der Waals surface area contributed by atoms with E-state index < -0.39 is 0 Å². The molecule has 1 nitrogen and oxygen atoms in total. The number of allylic oxidation sites excluding steroid dienone is 2. The fraction of sp³-hybridized carbons (Fsp3) is 0.429. The molecule has 0 N–H and O–H groups in total. The molecule has 1 atom stereocenters. The van der Waals surface area contributed by atoms with Gasteiger partial charge in [-0.1, -0.05) is 78.5 Å². The molecule has 1 unspecified atom stereocenters. The summed E-state index contributed by atoms with van der Waals surface area (Å²) < 4.78 is 0. The zero-order valence-electron chi connectivity index (χ0n) is 19.8. The summed E-state index contributed by atoms with van der Waals surface area (Å²) in [7, 11) is 0. The number of hydrogen-bond donors (Lipinski definition) is 0. The number of nitrogens with zero attached hydrogens (tertiary/aromatic N) is 1. The smallest absolute Gasteiger partial charge is 0.0520 e. The Hall–Kier alpha value is -2.28. The van der Waals surface area contributed by atoms with Crippen LogP contribution in [-0.4, -0.2) is 0 Å². The Morgan fingerprint density at radius 2 is 1.59 bits per heavy atom. The fourth-order valence-electron chi connectivity index (χ4n) is 3.81. The van der Waals surface area contributed by atoms with Crippen molar-refractivity contribution >= 4 is 11.4 Å². The van der Waals surface area contributed by atoms with Crippen LogP contribution in [0.25, 0.3) is 0 Å². The lowest BCUT2D eigenvalue weighted by molar-refractivity contribution is 0.589. The molecule has 2 aromatic carbocycles. The van der Waals surface area contributed by atoms with E-state index in [0.29, 0.717) is 5.92 Å². The minimum absolute atomic E-state index is 0.136. The number of benzene rings is 2. The van der Waals surface area contributed by atoms with E-state index in [1.54, 1.807) is 0 Å². The van der Waals surface area contributed by atoms with Gasteiger partial charge in [0, 0.05) is 11.4 Å². The van der Waals surface area contributed by atoms with E-state index in [1.165, 1.54) is 33.6 Å². The Morgan fingerprint density at radius 3 is 2.00 bits per heavy atom. The molecule has 0 bridgehead atoms. The third kappa shape index (κ3) is 5.21. The third-order valence-electron chi connectivity index (χ3n) is 5.79. The van der Waals surface area contributed by atoms with Crippen molar-refractivity contribution in [3.8, 4) is 0 Å². The molecule has 0 saturated heterocycles. The number of rotatable bonds is 7. The average molecular weight is 390 g/mol. The first-order chi connectivity index (χ1) is 13.6. The van der Waals surface area contributed by atoms with E-state index in [4.69, 9.17) is 0 Å². The topological polar surface area (TPSA) is 3.24 Å². The number of anilines is 2. The van der Waals surface area contributed by atoms with E-state index in [1.807, 2.05) is 6.08 Å². The molecule has 0 heterocycles. The van der Waals surface area contributed by atoms with Crippen molar-refractivity contribution in [2.75, 3.05) is 4.90 Å². The maximum atomic E-state index is 4.12. The van der Waals surface area contributed by atoms with Gasteiger partial charge < -0.3 is 4.90 Å². The van der Waals surface area contributed by atoms with E-state index in [2.05, 4.69) is 109 Å². The molecule has 2 rings (SSSR count). The van der Waals surface area contributed by atoms with Crippen LogP contribution in [0.2, 0.25) is 0 Å². The van der Waals surface area contributed by atoms with Crippen molar-refractivity contribution in [1.29, 1.82) is 0 Å². The van der Waals surface area contributed by atoms with Crippen LogP contribution in [0.1, 0.15) is 82.6 Å². The van der Waals surface area contributed by atoms with Crippen molar-refractivity contribution < 1.29 is 0 Å². The Kier molecular flexibility index (Phi) is 7.52. The van der Waals surface area contributed by atoms with Gasteiger partial charge in [-0.2, -0.15) is 0 Å². The minimum Gasteiger partial charge on any atom is -0.310 e. The predicted molar refractivity (Wildman–Crippen MR) is 130 cm³/mol. The zero-order chi connectivity index (χ0) is 21.8. The van der Waals surface area contributed by atoms with Gasteiger partial charge in [0.1, 0.15) is 0 Å². The third-order valence-corrected chi connectivity index (χ3v) is 5.79. The first-order valence-corrected chi connectivity index (χ1v) is 11.0. The largest absolute Gasteiger partial charge is 0.310 e. The molecule has 0 aliphatic heterocycles. The first-order valence-electron chi connectivity index (χ1n) is 11.0. The molecular formula is C28H39N. The summed E-state index contributed by atoms with van der Waals surface area (Å²) in [6.45, 7) is 22.1. The van der Waals surface area contributed by atoms with Crippen LogP contribution in [0.15, 0.2) is 60.8 Å². The predicted octanol–water partition coefficient (Wildman–Crippen LogP) is 8.73. The second-order valence-corrected chi connectivity index (χ2v) is 9.19. The van der Waals surface area contributed by atoms with Crippen LogP contribution in [0, 0.1) is 13.8 Å². The monoisotopic (exact) mass is 389 g/mol. The maximum absolute atomic E-state index is 4.12. The summed E-state index contributed by atoms with van der Waals surface area (Å²) in [5.41, 5.74) is 9.08. The molecule has 0 saturated carbocycles. The van der Waals surface area contributed by atoms with Gasteiger partial charge in [-0.15, -0.1) is 0 Å².